The van der Waals surface area contributed by atoms with Crippen LogP contribution in [0.1, 0.15) is 168 Å². The summed E-state index contributed by atoms with van der Waals surface area (Å²) in [6.07, 6.45) is 32.5. The summed E-state index contributed by atoms with van der Waals surface area (Å²) in [7, 11) is -4.71. The van der Waals surface area contributed by atoms with Crippen molar-refractivity contribution in [2.75, 3.05) is 19.8 Å². The summed E-state index contributed by atoms with van der Waals surface area (Å²) in [5.74, 6) is -2.40. The third-order valence-electron chi connectivity index (χ3n) is 8.17. The van der Waals surface area contributed by atoms with Crippen molar-refractivity contribution in [3.8, 4) is 0 Å². The number of carboxylic acid groups (broad SMARTS) is 1. The Balaban J connectivity index is 4.45. The van der Waals surface area contributed by atoms with Crippen LogP contribution in [0.2, 0.25) is 0 Å². The van der Waals surface area contributed by atoms with Crippen LogP contribution in [-0.4, -0.2) is 59.9 Å². The fourth-order valence-electron chi connectivity index (χ4n) is 5.04. The Morgan fingerprint density at radius 2 is 1.02 bits per heavy atom. The average molecular weight is 732 g/mol. The topological polar surface area (TPSA) is 172 Å². The number of unbranched alkanes of at least 4 members (excludes halogenated alkanes) is 18. The number of phosphoric acid groups is 1. The number of rotatable bonds is 36. The molecule has 11 nitrogen and oxygen atoms in total. The van der Waals surface area contributed by atoms with Crippen LogP contribution < -0.4 is 5.73 Å². The highest BCUT2D eigenvalue weighted by atomic mass is 31.2. The van der Waals surface area contributed by atoms with Crippen LogP contribution in [0.4, 0.5) is 0 Å². The second kappa shape index (κ2) is 34.1. The van der Waals surface area contributed by atoms with Gasteiger partial charge in [-0.05, 0) is 57.8 Å². The van der Waals surface area contributed by atoms with Gasteiger partial charge in [0.1, 0.15) is 12.6 Å². The number of carbonyl (C=O) groups excluding carboxylic acids is 2. The molecule has 0 fully saturated rings. The summed E-state index contributed by atoms with van der Waals surface area (Å²) < 4.78 is 32.5. The van der Waals surface area contributed by atoms with Crippen LogP contribution >= 0.6 is 7.82 Å². The highest BCUT2D eigenvalue weighted by Gasteiger charge is 2.28. The first kappa shape index (κ1) is 48.0. The minimum Gasteiger partial charge on any atom is -0.480 e. The number of carbonyl (C=O) groups is 3. The summed E-state index contributed by atoms with van der Waals surface area (Å²) in [4.78, 5) is 45.7. The SMILES string of the molecule is CCCCC=CCCCCCCCC(=O)OCC(COP(=O)(O)OCC(N)C(=O)O)OC(=O)CCCCCCCC=CCCCCCCCC. The Bertz CT molecular complexity index is 958. The largest absolute Gasteiger partial charge is 0.480 e. The van der Waals surface area contributed by atoms with E-state index >= 15 is 0 Å². The van der Waals surface area contributed by atoms with Crippen molar-refractivity contribution in [3.63, 3.8) is 0 Å². The first-order chi connectivity index (χ1) is 24.1. The quantitative estimate of drug-likeness (QED) is 0.0242. The van der Waals surface area contributed by atoms with Gasteiger partial charge in [0.25, 0.3) is 0 Å². The Morgan fingerprint density at radius 1 is 0.600 bits per heavy atom. The van der Waals surface area contributed by atoms with Crippen molar-refractivity contribution in [2.45, 2.75) is 180 Å². The van der Waals surface area contributed by atoms with Crippen LogP contribution in [-0.2, 0) is 37.5 Å². The number of carboxylic acids is 1. The zero-order valence-electron chi connectivity index (χ0n) is 31.2. The van der Waals surface area contributed by atoms with Gasteiger partial charge in [-0.15, -0.1) is 0 Å². The predicted molar refractivity (Wildman–Crippen MR) is 199 cm³/mol. The lowest BCUT2D eigenvalue weighted by Crippen LogP contribution is -2.34. The average Bonchev–Trinajstić information content (AvgIpc) is 3.09. The molecular weight excluding hydrogens is 661 g/mol. The molecule has 0 amide bonds. The molecule has 0 aromatic rings. The Labute approximate surface area is 302 Å². The molecule has 12 heteroatoms. The van der Waals surface area contributed by atoms with E-state index in [9.17, 15) is 23.8 Å². The molecule has 4 N–H and O–H groups in total. The molecular formula is C38H70NO10P. The lowest BCUT2D eigenvalue weighted by molar-refractivity contribution is -0.161. The molecule has 0 heterocycles. The first-order valence-corrected chi connectivity index (χ1v) is 20.9. The van der Waals surface area contributed by atoms with Crippen molar-refractivity contribution in [2.24, 2.45) is 5.73 Å². The lowest BCUT2D eigenvalue weighted by atomic mass is 10.1. The maximum atomic E-state index is 12.6. The number of nitrogens with two attached hydrogens (primary N) is 1. The molecule has 50 heavy (non-hydrogen) atoms. The molecule has 0 bridgehead atoms. The Hall–Kier alpha value is -2.04. The fraction of sp³-hybridized carbons (Fsp3) is 0.816. The van der Waals surface area contributed by atoms with E-state index in [2.05, 4.69) is 42.7 Å². The van der Waals surface area contributed by atoms with Crippen LogP contribution in [0.3, 0.4) is 0 Å². The molecule has 3 unspecified atom stereocenters. The molecule has 0 aromatic heterocycles. The Morgan fingerprint density at radius 3 is 1.52 bits per heavy atom. The zero-order valence-corrected chi connectivity index (χ0v) is 32.1. The summed E-state index contributed by atoms with van der Waals surface area (Å²) in [5, 5.41) is 8.85. The standard InChI is InChI=1S/C38H70NO10P/c1-3-5-7-9-11-13-15-16-17-18-20-22-24-26-28-30-37(41)49-34(32-47-50(44,45)48-33-35(39)38(42)43)31-46-36(40)29-27-25-23-21-19-14-12-10-8-6-4-2/h10,12,16-17,34-35H,3-9,11,13-15,18-33,39H2,1-2H3,(H,42,43)(H,44,45). The predicted octanol–water partition coefficient (Wildman–Crippen LogP) is 9.50. The van der Waals surface area contributed by atoms with Gasteiger partial charge in [-0.25, -0.2) is 4.57 Å². The van der Waals surface area contributed by atoms with Crippen molar-refractivity contribution in [3.05, 3.63) is 24.3 Å². The number of hydrogen-bond acceptors (Lipinski definition) is 9. The van der Waals surface area contributed by atoms with E-state index < -0.39 is 51.1 Å². The van der Waals surface area contributed by atoms with Gasteiger partial charge in [-0.3, -0.25) is 23.4 Å². The molecule has 0 spiro atoms. The summed E-state index contributed by atoms with van der Waals surface area (Å²) in [6.45, 7) is 2.72. The number of aliphatic carboxylic acids is 1. The van der Waals surface area contributed by atoms with E-state index in [0.717, 1.165) is 77.0 Å². The minimum absolute atomic E-state index is 0.151. The highest BCUT2D eigenvalue weighted by molar-refractivity contribution is 7.47. The molecule has 0 radical (unpaired) electrons. The van der Waals surface area contributed by atoms with Gasteiger partial charge >= 0.3 is 25.7 Å². The molecule has 0 aliphatic rings. The smallest absolute Gasteiger partial charge is 0.472 e. The fourth-order valence-corrected chi connectivity index (χ4v) is 5.82. The van der Waals surface area contributed by atoms with Gasteiger partial charge in [0.2, 0.25) is 0 Å². The van der Waals surface area contributed by atoms with Gasteiger partial charge in [0.15, 0.2) is 6.10 Å². The van der Waals surface area contributed by atoms with Gasteiger partial charge in [-0.1, -0.05) is 122 Å². The van der Waals surface area contributed by atoms with Crippen LogP contribution in [0, 0.1) is 0 Å². The summed E-state index contributed by atoms with van der Waals surface area (Å²) in [6, 6.07) is -1.52. The monoisotopic (exact) mass is 731 g/mol. The number of phosphoric ester groups is 1. The second-order valence-corrected chi connectivity index (χ2v) is 14.5. The third-order valence-corrected chi connectivity index (χ3v) is 9.12. The van der Waals surface area contributed by atoms with E-state index in [1.54, 1.807) is 0 Å². The molecule has 3 atom stereocenters. The van der Waals surface area contributed by atoms with Gasteiger partial charge in [0.05, 0.1) is 13.2 Å². The van der Waals surface area contributed by atoms with Crippen molar-refractivity contribution < 1.29 is 47.5 Å². The normalized spacial score (nSPS) is 14.2. The molecule has 0 rings (SSSR count). The molecule has 0 aliphatic heterocycles. The van der Waals surface area contributed by atoms with E-state index in [-0.39, 0.29) is 19.4 Å². The molecule has 0 saturated heterocycles. The van der Waals surface area contributed by atoms with E-state index in [1.807, 2.05) is 0 Å². The van der Waals surface area contributed by atoms with E-state index in [4.69, 9.17) is 24.8 Å². The summed E-state index contributed by atoms with van der Waals surface area (Å²) in [5.41, 5.74) is 5.31. The maximum Gasteiger partial charge on any atom is 0.472 e. The summed E-state index contributed by atoms with van der Waals surface area (Å²) >= 11 is 0. The molecule has 0 saturated carbocycles. The third kappa shape index (κ3) is 33.1. The van der Waals surface area contributed by atoms with Crippen LogP contribution in [0.5, 0.6) is 0 Å². The van der Waals surface area contributed by atoms with Gasteiger partial charge < -0.3 is 25.2 Å². The number of ether oxygens (including phenoxy) is 2. The zero-order chi connectivity index (χ0) is 37.1. The number of hydrogen-bond donors (Lipinski definition) is 3. The highest BCUT2D eigenvalue weighted by Crippen LogP contribution is 2.43. The van der Waals surface area contributed by atoms with E-state index in [0.29, 0.717) is 12.8 Å². The van der Waals surface area contributed by atoms with Gasteiger partial charge in [-0.2, -0.15) is 0 Å². The molecule has 292 valence electrons. The first-order valence-electron chi connectivity index (χ1n) is 19.4. The maximum absolute atomic E-state index is 12.6. The van der Waals surface area contributed by atoms with E-state index in [1.165, 1.54) is 51.4 Å². The number of allylic oxidation sites excluding steroid dienone is 4. The molecule has 0 aromatic carbocycles. The number of esters is 2. The Kier molecular flexibility index (Phi) is 32.7. The van der Waals surface area contributed by atoms with Crippen molar-refractivity contribution >= 4 is 25.7 Å². The van der Waals surface area contributed by atoms with Crippen molar-refractivity contribution in [1.29, 1.82) is 0 Å². The molecule has 0 aliphatic carbocycles. The lowest BCUT2D eigenvalue weighted by Gasteiger charge is -2.20. The van der Waals surface area contributed by atoms with Crippen LogP contribution in [0.25, 0.3) is 0 Å². The minimum atomic E-state index is -4.71. The van der Waals surface area contributed by atoms with Crippen LogP contribution in [0.15, 0.2) is 24.3 Å². The second-order valence-electron chi connectivity index (χ2n) is 13.1. The van der Waals surface area contributed by atoms with Crippen molar-refractivity contribution in [1.82, 2.24) is 0 Å². The van der Waals surface area contributed by atoms with Gasteiger partial charge in [0, 0.05) is 12.8 Å².